The summed E-state index contributed by atoms with van der Waals surface area (Å²) in [5, 5.41) is 3.56. The first kappa shape index (κ1) is 16.5. The molecule has 2 rings (SSSR count). The normalized spacial score (nSPS) is 12.2. The van der Waals surface area contributed by atoms with Crippen LogP contribution >= 0.6 is 31.9 Å². The molecule has 0 spiro atoms. The largest absolute Gasteiger partial charge is 0.496 e. The monoisotopic (exact) mass is 411 g/mol. The van der Waals surface area contributed by atoms with Gasteiger partial charge in [0.15, 0.2) is 0 Å². The molecule has 112 valence electrons. The van der Waals surface area contributed by atoms with Gasteiger partial charge in [0.1, 0.15) is 5.75 Å². The van der Waals surface area contributed by atoms with Crippen LogP contribution in [0.25, 0.3) is 0 Å². The number of methoxy groups -OCH3 is 1. The summed E-state index contributed by atoms with van der Waals surface area (Å²) in [6.07, 6.45) is 0. The number of rotatable bonds is 5. The smallest absolute Gasteiger partial charge is 0.124 e. The van der Waals surface area contributed by atoms with E-state index in [1.807, 2.05) is 12.1 Å². The van der Waals surface area contributed by atoms with Crippen LogP contribution in [-0.4, -0.2) is 13.7 Å². The highest BCUT2D eigenvalue weighted by atomic mass is 79.9. The van der Waals surface area contributed by atoms with Crippen LogP contribution < -0.4 is 10.1 Å². The van der Waals surface area contributed by atoms with E-state index in [2.05, 4.69) is 75.3 Å². The number of benzene rings is 2. The minimum atomic E-state index is 0.0972. The fourth-order valence-corrected chi connectivity index (χ4v) is 3.20. The molecule has 2 nitrogen and oxygen atoms in total. The molecule has 1 unspecified atom stereocenters. The fourth-order valence-electron chi connectivity index (χ4n) is 2.44. The van der Waals surface area contributed by atoms with Crippen LogP contribution in [0.3, 0.4) is 0 Å². The first-order chi connectivity index (χ1) is 10.1. The topological polar surface area (TPSA) is 21.3 Å². The van der Waals surface area contributed by atoms with Crippen molar-refractivity contribution in [1.82, 2.24) is 5.32 Å². The van der Waals surface area contributed by atoms with Gasteiger partial charge in [0.05, 0.1) is 13.2 Å². The van der Waals surface area contributed by atoms with Gasteiger partial charge in [0.2, 0.25) is 0 Å². The molecule has 0 radical (unpaired) electrons. The molecular formula is C17H19Br2NO. The fraction of sp³-hybridized carbons (Fsp3) is 0.294. The lowest BCUT2D eigenvalue weighted by molar-refractivity contribution is 0.404. The van der Waals surface area contributed by atoms with Gasteiger partial charge in [-0.2, -0.15) is 0 Å². The van der Waals surface area contributed by atoms with Gasteiger partial charge in [-0.25, -0.2) is 0 Å². The van der Waals surface area contributed by atoms with E-state index in [0.29, 0.717) is 0 Å². The average Bonchev–Trinajstić information content (AvgIpc) is 2.47. The molecule has 0 bridgehead atoms. The first-order valence-electron chi connectivity index (χ1n) is 6.89. The Bertz CT molecular complexity index is 628. The van der Waals surface area contributed by atoms with Crippen molar-refractivity contribution in [2.75, 3.05) is 13.7 Å². The zero-order chi connectivity index (χ0) is 15.4. The molecule has 1 atom stereocenters. The van der Waals surface area contributed by atoms with E-state index in [9.17, 15) is 0 Å². The third kappa shape index (κ3) is 3.87. The highest BCUT2D eigenvalue weighted by Gasteiger charge is 2.19. The van der Waals surface area contributed by atoms with Gasteiger partial charge in [-0.1, -0.05) is 44.8 Å². The Labute approximate surface area is 143 Å². The third-order valence-electron chi connectivity index (χ3n) is 3.46. The van der Waals surface area contributed by atoms with Crippen molar-refractivity contribution in [2.24, 2.45) is 0 Å². The number of hydrogen-bond acceptors (Lipinski definition) is 2. The molecule has 0 heterocycles. The Morgan fingerprint density at radius 1 is 1.05 bits per heavy atom. The lowest BCUT2D eigenvalue weighted by Crippen LogP contribution is -2.23. The molecule has 2 aromatic rings. The van der Waals surface area contributed by atoms with Gasteiger partial charge < -0.3 is 10.1 Å². The van der Waals surface area contributed by atoms with Crippen molar-refractivity contribution in [3.05, 3.63) is 62.0 Å². The molecule has 0 aliphatic rings. The summed E-state index contributed by atoms with van der Waals surface area (Å²) in [5.41, 5.74) is 3.64. The minimum absolute atomic E-state index is 0.0972. The summed E-state index contributed by atoms with van der Waals surface area (Å²) in [6, 6.07) is 12.6. The Balaban J connectivity index is 2.58. The maximum absolute atomic E-state index is 5.55. The van der Waals surface area contributed by atoms with Gasteiger partial charge >= 0.3 is 0 Å². The van der Waals surface area contributed by atoms with Gasteiger partial charge in [-0.05, 0) is 54.9 Å². The summed E-state index contributed by atoms with van der Waals surface area (Å²) in [7, 11) is 1.71. The van der Waals surface area contributed by atoms with E-state index in [4.69, 9.17) is 4.74 Å². The van der Waals surface area contributed by atoms with E-state index >= 15 is 0 Å². The predicted molar refractivity (Wildman–Crippen MR) is 95.1 cm³/mol. The van der Waals surface area contributed by atoms with Crippen molar-refractivity contribution in [3.63, 3.8) is 0 Å². The molecule has 21 heavy (non-hydrogen) atoms. The van der Waals surface area contributed by atoms with Gasteiger partial charge in [-0.3, -0.25) is 0 Å². The molecule has 0 aliphatic carbocycles. The molecule has 0 fully saturated rings. The molecule has 0 amide bonds. The van der Waals surface area contributed by atoms with Crippen LogP contribution in [0.4, 0.5) is 0 Å². The van der Waals surface area contributed by atoms with E-state index < -0.39 is 0 Å². The molecule has 0 saturated carbocycles. The quantitative estimate of drug-likeness (QED) is 0.725. The van der Waals surface area contributed by atoms with Crippen molar-refractivity contribution >= 4 is 31.9 Å². The standard InChI is InChI=1S/C17H19Br2NO/c1-4-20-17(14-9-12(18)6-5-11(14)2)15-10-13(19)7-8-16(15)21-3/h5-10,17,20H,4H2,1-3H3. The predicted octanol–water partition coefficient (Wildman–Crippen LogP) is 5.23. The maximum atomic E-state index is 5.55. The van der Waals surface area contributed by atoms with E-state index in [0.717, 1.165) is 26.8 Å². The van der Waals surface area contributed by atoms with Crippen LogP contribution in [0.15, 0.2) is 45.3 Å². The van der Waals surface area contributed by atoms with Gasteiger partial charge in [0, 0.05) is 14.5 Å². The van der Waals surface area contributed by atoms with E-state index in [-0.39, 0.29) is 6.04 Å². The Morgan fingerprint density at radius 2 is 1.67 bits per heavy atom. The van der Waals surface area contributed by atoms with Crippen LogP contribution in [0.2, 0.25) is 0 Å². The lowest BCUT2D eigenvalue weighted by atomic mass is 9.94. The number of hydrogen-bond donors (Lipinski definition) is 1. The molecular weight excluding hydrogens is 394 g/mol. The lowest BCUT2D eigenvalue weighted by Gasteiger charge is -2.23. The molecule has 1 N–H and O–H groups in total. The summed E-state index contributed by atoms with van der Waals surface area (Å²) in [5.74, 6) is 0.892. The van der Waals surface area contributed by atoms with Crippen molar-refractivity contribution in [1.29, 1.82) is 0 Å². The second kappa shape index (κ2) is 7.43. The van der Waals surface area contributed by atoms with Crippen molar-refractivity contribution in [2.45, 2.75) is 19.9 Å². The summed E-state index contributed by atoms with van der Waals surface area (Å²) in [4.78, 5) is 0. The van der Waals surface area contributed by atoms with E-state index in [1.54, 1.807) is 7.11 Å². The highest BCUT2D eigenvalue weighted by molar-refractivity contribution is 9.10. The van der Waals surface area contributed by atoms with Crippen LogP contribution in [0, 0.1) is 6.92 Å². The second-order valence-corrected chi connectivity index (χ2v) is 6.71. The molecule has 2 aromatic carbocycles. The Morgan fingerprint density at radius 3 is 2.29 bits per heavy atom. The highest BCUT2D eigenvalue weighted by Crippen LogP contribution is 2.34. The third-order valence-corrected chi connectivity index (χ3v) is 4.45. The first-order valence-corrected chi connectivity index (χ1v) is 8.48. The van der Waals surface area contributed by atoms with Crippen LogP contribution in [0.1, 0.15) is 29.7 Å². The van der Waals surface area contributed by atoms with Gasteiger partial charge in [0.25, 0.3) is 0 Å². The zero-order valence-electron chi connectivity index (χ0n) is 12.4. The average molecular weight is 413 g/mol. The Kier molecular flexibility index (Phi) is 5.85. The van der Waals surface area contributed by atoms with Gasteiger partial charge in [-0.15, -0.1) is 0 Å². The summed E-state index contributed by atoms with van der Waals surface area (Å²) in [6.45, 7) is 5.13. The molecule has 4 heteroatoms. The summed E-state index contributed by atoms with van der Waals surface area (Å²) < 4.78 is 7.68. The van der Waals surface area contributed by atoms with E-state index in [1.165, 1.54) is 11.1 Å². The number of nitrogens with one attached hydrogen (secondary N) is 1. The number of ether oxygens (including phenoxy) is 1. The molecule has 0 aliphatic heterocycles. The summed E-state index contributed by atoms with van der Waals surface area (Å²) >= 11 is 7.13. The van der Waals surface area contributed by atoms with Crippen molar-refractivity contribution < 1.29 is 4.74 Å². The Hall–Kier alpha value is -0.840. The van der Waals surface area contributed by atoms with Crippen LogP contribution in [0.5, 0.6) is 5.75 Å². The second-order valence-electron chi connectivity index (χ2n) is 4.88. The van der Waals surface area contributed by atoms with Crippen molar-refractivity contribution in [3.8, 4) is 5.75 Å². The van der Waals surface area contributed by atoms with Crippen LogP contribution in [-0.2, 0) is 0 Å². The SMILES string of the molecule is CCNC(c1cc(Br)ccc1C)c1cc(Br)ccc1OC. The molecule has 0 aromatic heterocycles. The minimum Gasteiger partial charge on any atom is -0.496 e. The zero-order valence-corrected chi connectivity index (χ0v) is 15.6. The number of aryl methyl sites for hydroxylation is 1. The maximum Gasteiger partial charge on any atom is 0.124 e. The number of halogens is 2. The molecule has 0 saturated heterocycles.